The third kappa shape index (κ3) is 5.21. The summed E-state index contributed by atoms with van der Waals surface area (Å²) in [4.78, 5) is 19.3. The summed E-state index contributed by atoms with van der Waals surface area (Å²) in [6, 6.07) is 11.4. The van der Waals surface area contributed by atoms with E-state index in [1.807, 2.05) is 65.0 Å². The van der Waals surface area contributed by atoms with Gasteiger partial charge in [-0.1, -0.05) is 18.2 Å². The Morgan fingerprint density at radius 3 is 2.79 bits per heavy atom. The molecule has 3 aromatic rings. The van der Waals surface area contributed by atoms with Crippen molar-refractivity contribution in [2.24, 2.45) is 5.73 Å². The number of benzene rings is 1. The van der Waals surface area contributed by atoms with E-state index in [2.05, 4.69) is 4.98 Å². The van der Waals surface area contributed by atoms with Crippen molar-refractivity contribution in [3.05, 3.63) is 65.6 Å². The van der Waals surface area contributed by atoms with E-state index in [0.29, 0.717) is 24.5 Å². The van der Waals surface area contributed by atoms with Crippen LogP contribution in [0.5, 0.6) is 5.75 Å². The zero-order valence-electron chi connectivity index (χ0n) is 16.3. The maximum atomic E-state index is 12.9. The average molecular weight is 437 g/mol. The molecule has 0 saturated carbocycles. The summed E-state index contributed by atoms with van der Waals surface area (Å²) < 4.78 is 7.95. The minimum atomic E-state index is -0.0219. The van der Waals surface area contributed by atoms with Crippen LogP contribution in [0.4, 0.5) is 0 Å². The minimum absolute atomic E-state index is 0. The Kier molecular flexibility index (Phi) is 7.90. The van der Waals surface area contributed by atoms with Crippen molar-refractivity contribution in [1.29, 1.82) is 0 Å². The molecular weight excluding hydrogens is 411 g/mol. The van der Waals surface area contributed by atoms with E-state index in [9.17, 15) is 4.79 Å². The monoisotopic (exact) mass is 436 g/mol. The molecule has 2 N–H and O–H groups in total. The van der Waals surface area contributed by atoms with Crippen LogP contribution in [0.25, 0.3) is 5.65 Å². The van der Waals surface area contributed by atoms with Crippen LogP contribution in [-0.2, 0) is 6.61 Å². The molecule has 3 heterocycles. The van der Waals surface area contributed by atoms with Gasteiger partial charge in [0.25, 0.3) is 5.91 Å². The van der Waals surface area contributed by atoms with Crippen LogP contribution in [0, 0.1) is 6.92 Å². The molecule has 0 radical (unpaired) electrons. The van der Waals surface area contributed by atoms with Crippen LogP contribution in [-0.4, -0.2) is 39.3 Å². The number of aromatic nitrogens is 2. The van der Waals surface area contributed by atoms with Crippen LogP contribution in [0.2, 0.25) is 0 Å². The number of carbonyl (C=O) groups is 1. The number of piperidine rings is 1. The molecule has 2 aromatic heterocycles. The molecule has 1 amide bonds. The number of ether oxygens (including phenoxy) is 1. The fraction of sp³-hybridized carbons (Fsp3) is 0.333. The van der Waals surface area contributed by atoms with Crippen molar-refractivity contribution < 1.29 is 9.53 Å². The fourth-order valence-corrected chi connectivity index (χ4v) is 3.51. The number of halogens is 2. The van der Waals surface area contributed by atoms with Gasteiger partial charge in [-0.2, -0.15) is 0 Å². The number of hydrogen-bond donors (Lipinski definition) is 1. The van der Waals surface area contributed by atoms with Crippen molar-refractivity contribution in [1.82, 2.24) is 14.3 Å². The minimum Gasteiger partial charge on any atom is -0.486 e. The van der Waals surface area contributed by atoms with E-state index in [-0.39, 0.29) is 36.8 Å². The SMILES string of the molecule is Cc1ccc2nc(COc3ccccc3C(=O)N3CCCC(N)C3)cn2c1.Cl.Cl. The van der Waals surface area contributed by atoms with Crippen LogP contribution in [0.3, 0.4) is 0 Å². The molecule has 0 aliphatic carbocycles. The number of pyridine rings is 1. The van der Waals surface area contributed by atoms with E-state index >= 15 is 0 Å². The van der Waals surface area contributed by atoms with E-state index in [0.717, 1.165) is 30.7 Å². The Morgan fingerprint density at radius 2 is 2.00 bits per heavy atom. The molecule has 1 atom stereocenters. The smallest absolute Gasteiger partial charge is 0.257 e. The first-order valence-electron chi connectivity index (χ1n) is 9.31. The Hall–Kier alpha value is -2.28. The molecule has 1 aliphatic rings. The molecule has 8 heteroatoms. The first-order chi connectivity index (χ1) is 13.1. The van der Waals surface area contributed by atoms with Gasteiger partial charge in [-0.05, 0) is 43.5 Å². The highest BCUT2D eigenvalue weighted by molar-refractivity contribution is 5.97. The van der Waals surface area contributed by atoms with Gasteiger partial charge < -0.3 is 19.8 Å². The number of amides is 1. The van der Waals surface area contributed by atoms with E-state index in [1.165, 1.54) is 5.56 Å². The Balaban J connectivity index is 0.00000150. The molecule has 29 heavy (non-hydrogen) atoms. The predicted octanol–water partition coefficient (Wildman–Crippen LogP) is 3.63. The number of nitrogens with two attached hydrogens (primary N) is 1. The highest BCUT2D eigenvalue weighted by atomic mass is 35.5. The number of rotatable bonds is 4. The largest absolute Gasteiger partial charge is 0.486 e. The normalized spacial score (nSPS) is 16.1. The standard InChI is InChI=1S/C21H24N4O2.2ClH/c1-15-8-9-20-23-17(13-25(20)11-15)14-27-19-7-3-2-6-18(19)21(26)24-10-4-5-16(22)12-24;;/h2-3,6-9,11,13,16H,4-5,10,12,14,22H2,1H3;2*1H. The lowest BCUT2D eigenvalue weighted by Crippen LogP contribution is -2.45. The van der Waals surface area contributed by atoms with Crippen LogP contribution in [0.15, 0.2) is 48.8 Å². The summed E-state index contributed by atoms with van der Waals surface area (Å²) in [5, 5.41) is 0. The summed E-state index contributed by atoms with van der Waals surface area (Å²) in [5.74, 6) is 0.557. The second-order valence-corrected chi connectivity index (χ2v) is 7.14. The molecular formula is C21H26Cl2N4O2. The van der Waals surface area contributed by atoms with Gasteiger partial charge in [-0.3, -0.25) is 4.79 Å². The number of carbonyl (C=O) groups excluding carboxylic acids is 1. The van der Waals surface area contributed by atoms with Gasteiger partial charge in [0.1, 0.15) is 18.0 Å². The number of hydrogen-bond acceptors (Lipinski definition) is 4. The number of imidazole rings is 1. The molecule has 1 aliphatic heterocycles. The zero-order chi connectivity index (χ0) is 18.8. The molecule has 6 nitrogen and oxygen atoms in total. The lowest BCUT2D eigenvalue weighted by Gasteiger charge is -2.31. The Labute approximate surface area is 182 Å². The predicted molar refractivity (Wildman–Crippen MR) is 118 cm³/mol. The summed E-state index contributed by atoms with van der Waals surface area (Å²) in [6.45, 7) is 3.69. The fourth-order valence-electron chi connectivity index (χ4n) is 3.51. The zero-order valence-corrected chi connectivity index (χ0v) is 17.9. The first kappa shape index (κ1) is 23.0. The van der Waals surface area contributed by atoms with Crippen molar-refractivity contribution in [3.63, 3.8) is 0 Å². The molecule has 4 rings (SSSR count). The first-order valence-corrected chi connectivity index (χ1v) is 9.31. The van der Waals surface area contributed by atoms with Gasteiger partial charge in [-0.15, -0.1) is 24.8 Å². The number of aryl methyl sites for hydroxylation is 1. The van der Waals surface area contributed by atoms with Gasteiger partial charge in [0.2, 0.25) is 0 Å². The van der Waals surface area contributed by atoms with Gasteiger partial charge >= 0.3 is 0 Å². The number of para-hydroxylation sites is 1. The highest BCUT2D eigenvalue weighted by Crippen LogP contribution is 2.23. The summed E-state index contributed by atoms with van der Waals surface area (Å²) in [6.07, 6.45) is 5.89. The lowest BCUT2D eigenvalue weighted by atomic mass is 10.0. The van der Waals surface area contributed by atoms with E-state index in [1.54, 1.807) is 0 Å². The molecule has 1 saturated heterocycles. The topological polar surface area (TPSA) is 72.9 Å². The molecule has 1 fully saturated rings. The van der Waals surface area contributed by atoms with Gasteiger partial charge in [0.05, 0.1) is 11.3 Å². The van der Waals surface area contributed by atoms with Crippen LogP contribution in [0.1, 0.15) is 34.5 Å². The maximum Gasteiger partial charge on any atom is 0.257 e. The molecule has 1 unspecified atom stereocenters. The summed E-state index contributed by atoms with van der Waals surface area (Å²) >= 11 is 0. The molecule has 1 aromatic carbocycles. The average Bonchev–Trinajstić information content (AvgIpc) is 3.08. The number of fused-ring (bicyclic) bond motifs is 1. The highest BCUT2D eigenvalue weighted by Gasteiger charge is 2.24. The summed E-state index contributed by atoms with van der Waals surface area (Å²) in [5.41, 5.74) is 9.47. The van der Waals surface area contributed by atoms with Gasteiger partial charge in [-0.25, -0.2) is 4.98 Å². The van der Waals surface area contributed by atoms with E-state index < -0.39 is 0 Å². The maximum absolute atomic E-state index is 12.9. The van der Waals surface area contributed by atoms with Crippen molar-refractivity contribution in [2.75, 3.05) is 13.1 Å². The lowest BCUT2D eigenvalue weighted by molar-refractivity contribution is 0.0704. The second-order valence-electron chi connectivity index (χ2n) is 7.14. The van der Waals surface area contributed by atoms with Crippen LogP contribution < -0.4 is 10.5 Å². The Morgan fingerprint density at radius 1 is 1.21 bits per heavy atom. The van der Waals surface area contributed by atoms with Crippen LogP contribution >= 0.6 is 24.8 Å². The van der Waals surface area contributed by atoms with Gasteiger partial charge in [0.15, 0.2) is 0 Å². The molecule has 0 bridgehead atoms. The summed E-state index contributed by atoms with van der Waals surface area (Å²) in [7, 11) is 0. The second kappa shape index (κ2) is 9.96. The van der Waals surface area contributed by atoms with Crippen molar-refractivity contribution >= 4 is 36.4 Å². The van der Waals surface area contributed by atoms with Gasteiger partial charge in [0, 0.05) is 31.5 Å². The quantitative estimate of drug-likeness (QED) is 0.677. The van der Waals surface area contributed by atoms with E-state index in [4.69, 9.17) is 10.5 Å². The molecule has 0 spiro atoms. The number of likely N-dealkylation sites (tertiary alicyclic amines) is 1. The third-order valence-electron chi connectivity index (χ3n) is 4.89. The third-order valence-corrected chi connectivity index (χ3v) is 4.89. The van der Waals surface area contributed by atoms with Crippen molar-refractivity contribution in [2.45, 2.75) is 32.4 Å². The number of nitrogens with zero attached hydrogens (tertiary/aromatic N) is 3. The molecule has 156 valence electrons. The Bertz CT molecular complexity index is 976. The van der Waals surface area contributed by atoms with Crippen molar-refractivity contribution in [3.8, 4) is 5.75 Å².